The number of aliphatic imine (C=N–C) groups is 1. The molecule has 0 spiro atoms. The maximum atomic E-state index is 13.3. The predicted octanol–water partition coefficient (Wildman–Crippen LogP) is 7.26. The lowest BCUT2D eigenvalue weighted by molar-refractivity contribution is -0.384. The highest BCUT2D eigenvalue weighted by atomic mass is 35.5. The smallest absolute Gasteiger partial charge is 0.281 e. The third-order valence-corrected chi connectivity index (χ3v) is 8.11. The molecule has 1 aromatic carbocycles. The Balaban J connectivity index is 1.42. The molecule has 182 valence electrons. The maximum Gasteiger partial charge on any atom is 0.281 e. The van der Waals surface area contributed by atoms with Gasteiger partial charge in [0.2, 0.25) is 0 Å². The number of furan rings is 1. The summed E-state index contributed by atoms with van der Waals surface area (Å²) in [6, 6.07) is 8.09. The molecule has 1 saturated carbocycles. The van der Waals surface area contributed by atoms with Gasteiger partial charge in [-0.15, -0.1) is 11.3 Å². The van der Waals surface area contributed by atoms with Crippen LogP contribution in [0, 0.1) is 10.1 Å². The Morgan fingerprint density at radius 3 is 2.74 bits per heavy atom. The zero-order valence-corrected chi connectivity index (χ0v) is 20.8. The molecule has 2 heterocycles. The van der Waals surface area contributed by atoms with Crippen LogP contribution >= 0.6 is 22.9 Å². The van der Waals surface area contributed by atoms with Gasteiger partial charge in [-0.3, -0.25) is 14.9 Å². The molecular formula is C26H26ClN3O4S. The summed E-state index contributed by atoms with van der Waals surface area (Å²) < 4.78 is 5.85. The highest BCUT2D eigenvalue weighted by Crippen LogP contribution is 2.40. The summed E-state index contributed by atoms with van der Waals surface area (Å²) >= 11 is 7.51. The SMILES string of the molecule is O=C(NC1CCCCC1)c1c(/N=C\c2ccc(-c3ccc(Cl)cc3[N+](=O)[O-])o2)sc2c1CCCC2. The second-order valence-corrected chi connectivity index (χ2v) is 10.6. The molecule has 7 nitrogen and oxygen atoms in total. The van der Waals surface area contributed by atoms with E-state index in [-0.39, 0.29) is 22.7 Å². The topological polar surface area (TPSA) is 97.7 Å². The lowest BCUT2D eigenvalue weighted by Crippen LogP contribution is -2.36. The number of nitro benzene ring substituents is 1. The van der Waals surface area contributed by atoms with Crippen molar-refractivity contribution in [3.05, 3.63) is 67.2 Å². The number of hydrogen-bond acceptors (Lipinski definition) is 6. The van der Waals surface area contributed by atoms with Crippen LogP contribution in [-0.4, -0.2) is 23.1 Å². The second kappa shape index (κ2) is 10.3. The summed E-state index contributed by atoms with van der Waals surface area (Å²) in [4.78, 5) is 30.2. The molecule has 35 heavy (non-hydrogen) atoms. The first-order valence-corrected chi connectivity index (χ1v) is 13.2. The van der Waals surface area contributed by atoms with Crippen molar-refractivity contribution >= 4 is 45.7 Å². The van der Waals surface area contributed by atoms with Crippen LogP contribution in [0.15, 0.2) is 39.7 Å². The summed E-state index contributed by atoms with van der Waals surface area (Å²) in [5.41, 5.74) is 2.06. The van der Waals surface area contributed by atoms with E-state index in [1.54, 1.807) is 41.8 Å². The molecule has 2 aliphatic rings. The van der Waals surface area contributed by atoms with E-state index in [1.807, 2.05) is 0 Å². The molecule has 0 aliphatic heterocycles. The molecule has 0 bridgehead atoms. The highest BCUT2D eigenvalue weighted by molar-refractivity contribution is 7.16. The molecule has 5 rings (SSSR count). The van der Waals surface area contributed by atoms with Gasteiger partial charge in [-0.25, -0.2) is 4.99 Å². The number of nitrogens with one attached hydrogen (secondary N) is 1. The zero-order valence-electron chi connectivity index (χ0n) is 19.2. The molecule has 0 radical (unpaired) electrons. The van der Waals surface area contributed by atoms with Crippen molar-refractivity contribution in [2.45, 2.75) is 63.8 Å². The van der Waals surface area contributed by atoms with Gasteiger partial charge in [-0.2, -0.15) is 0 Å². The van der Waals surface area contributed by atoms with Crippen LogP contribution in [0.1, 0.15) is 71.5 Å². The van der Waals surface area contributed by atoms with Crippen molar-refractivity contribution in [1.82, 2.24) is 5.32 Å². The van der Waals surface area contributed by atoms with Crippen molar-refractivity contribution in [2.24, 2.45) is 4.99 Å². The Bertz CT molecular complexity index is 1290. The number of benzene rings is 1. The molecule has 0 atom stereocenters. The maximum absolute atomic E-state index is 13.3. The monoisotopic (exact) mass is 511 g/mol. The third-order valence-electron chi connectivity index (χ3n) is 6.68. The molecule has 1 amide bonds. The van der Waals surface area contributed by atoms with Gasteiger partial charge in [0.05, 0.1) is 22.3 Å². The average molecular weight is 512 g/mol. The highest BCUT2D eigenvalue weighted by Gasteiger charge is 2.27. The summed E-state index contributed by atoms with van der Waals surface area (Å²) in [6.45, 7) is 0. The minimum absolute atomic E-state index is 0.0274. The van der Waals surface area contributed by atoms with E-state index in [0.29, 0.717) is 27.6 Å². The number of nitro groups is 1. The molecule has 2 aliphatic carbocycles. The summed E-state index contributed by atoms with van der Waals surface area (Å²) in [5, 5.41) is 15.7. The van der Waals surface area contributed by atoms with E-state index in [4.69, 9.17) is 16.0 Å². The van der Waals surface area contributed by atoms with Crippen LogP contribution in [0.5, 0.6) is 0 Å². The largest absolute Gasteiger partial charge is 0.455 e. The van der Waals surface area contributed by atoms with Crippen molar-refractivity contribution in [3.63, 3.8) is 0 Å². The molecule has 1 N–H and O–H groups in total. The molecule has 3 aromatic rings. The van der Waals surface area contributed by atoms with Crippen LogP contribution in [0.2, 0.25) is 5.02 Å². The minimum Gasteiger partial charge on any atom is -0.455 e. The Labute approximate surface area is 212 Å². The van der Waals surface area contributed by atoms with Gasteiger partial charge in [-0.1, -0.05) is 30.9 Å². The van der Waals surface area contributed by atoms with Gasteiger partial charge in [-0.05, 0) is 68.4 Å². The second-order valence-electron chi connectivity index (χ2n) is 9.08. The molecule has 2 aromatic heterocycles. The number of amides is 1. The van der Waals surface area contributed by atoms with E-state index < -0.39 is 4.92 Å². The van der Waals surface area contributed by atoms with Crippen LogP contribution in [0.4, 0.5) is 10.7 Å². The summed E-state index contributed by atoms with van der Waals surface area (Å²) in [7, 11) is 0. The Hall–Kier alpha value is -2.97. The van der Waals surface area contributed by atoms with Gasteiger partial charge in [0.15, 0.2) is 0 Å². The van der Waals surface area contributed by atoms with Crippen molar-refractivity contribution in [2.75, 3.05) is 0 Å². The van der Waals surface area contributed by atoms with Crippen LogP contribution in [-0.2, 0) is 12.8 Å². The molecule has 1 fully saturated rings. The Kier molecular flexibility index (Phi) is 7.02. The molecule has 0 unspecified atom stereocenters. The normalized spacial score (nSPS) is 16.4. The number of hydrogen-bond donors (Lipinski definition) is 1. The molecular weight excluding hydrogens is 486 g/mol. The van der Waals surface area contributed by atoms with Crippen LogP contribution < -0.4 is 5.32 Å². The third kappa shape index (κ3) is 5.18. The lowest BCUT2D eigenvalue weighted by atomic mass is 9.93. The number of fused-ring (bicyclic) bond motifs is 1. The van der Waals surface area contributed by atoms with Gasteiger partial charge >= 0.3 is 0 Å². The number of aryl methyl sites for hydroxylation is 1. The van der Waals surface area contributed by atoms with Gasteiger partial charge < -0.3 is 9.73 Å². The van der Waals surface area contributed by atoms with Gasteiger partial charge in [0.25, 0.3) is 11.6 Å². The van der Waals surface area contributed by atoms with Crippen molar-refractivity contribution < 1.29 is 14.1 Å². The van der Waals surface area contributed by atoms with Crippen molar-refractivity contribution in [3.8, 4) is 11.3 Å². The first-order chi connectivity index (χ1) is 17.0. The zero-order chi connectivity index (χ0) is 24.4. The number of carbonyl (C=O) groups is 1. The number of carbonyl (C=O) groups excluding carboxylic acids is 1. The van der Waals surface area contributed by atoms with E-state index in [1.165, 1.54) is 17.4 Å². The predicted molar refractivity (Wildman–Crippen MR) is 138 cm³/mol. The Morgan fingerprint density at radius 1 is 1.14 bits per heavy atom. The fourth-order valence-corrected chi connectivity index (χ4v) is 6.33. The standard InChI is InChI=1S/C26H26ClN3O4S/c27-16-10-12-19(21(14-16)30(32)33)22-13-11-18(34-22)15-28-26-24(20-8-4-5-9-23(20)35-26)25(31)29-17-6-2-1-3-7-17/h10-15,17H,1-9H2,(H,29,31)/b28-15-. The summed E-state index contributed by atoms with van der Waals surface area (Å²) in [5.74, 6) is 0.783. The number of halogens is 1. The van der Waals surface area contributed by atoms with Gasteiger partial charge in [0, 0.05) is 22.0 Å². The quantitative estimate of drug-likeness (QED) is 0.214. The van der Waals surface area contributed by atoms with E-state index in [2.05, 4.69) is 10.3 Å². The number of rotatable bonds is 6. The fraction of sp³-hybridized carbons (Fsp3) is 0.385. The Morgan fingerprint density at radius 2 is 1.94 bits per heavy atom. The van der Waals surface area contributed by atoms with Gasteiger partial charge in [0.1, 0.15) is 16.5 Å². The first-order valence-electron chi connectivity index (χ1n) is 12.0. The minimum atomic E-state index is -0.481. The summed E-state index contributed by atoms with van der Waals surface area (Å²) in [6.07, 6.45) is 11.3. The van der Waals surface area contributed by atoms with Crippen LogP contribution in [0.25, 0.3) is 11.3 Å². The molecule has 0 saturated heterocycles. The lowest BCUT2D eigenvalue weighted by Gasteiger charge is -2.23. The average Bonchev–Trinajstić information content (AvgIpc) is 3.47. The number of thiophene rings is 1. The van der Waals surface area contributed by atoms with E-state index in [0.717, 1.165) is 56.9 Å². The van der Waals surface area contributed by atoms with E-state index in [9.17, 15) is 14.9 Å². The van der Waals surface area contributed by atoms with E-state index >= 15 is 0 Å². The number of nitrogens with zero attached hydrogens (tertiary/aromatic N) is 2. The fourth-order valence-electron chi connectivity index (χ4n) is 4.93. The first kappa shape index (κ1) is 23.8. The van der Waals surface area contributed by atoms with Crippen LogP contribution in [0.3, 0.4) is 0 Å². The molecule has 9 heteroatoms. The van der Waals surface area contributed by atoms with Crippen molar-refractivity contribution in [1.29, 1.82) is 0 Å².